The lowest BCUT2D eigenvalue weighted by atomic mass is 10.1. The maximum atomic E-state index is 11.6. The van der Waals surface area contributed by atoms with E-state index < -0.39 is 0 Å². The van der Waals surface area contributed by atoms with Crippen LogP contribution in [0.4, 0.5) is 0 Å². The van der Waals surface area contributed by atoms with Crippen molar-refractivity contribution in [3.05, 3.63) is 35.3 Å². The highest BCUT2D eigenvalue weighted by Crippen LogP contribution is 2.24. The van der Waals surface area contributed by atoms with E-state index in [0.717, 1.165) is 0 Å². The van der Waals surface area contributed by atoms with E-state index in [4.69, 9.17) is 4.74 Å². The molecule has 0 spiro atoms. The van der Waals surface area contributed by atoms with Crippen molar-refractivity contribution < 1.29 is 14.3 Å². The van der Waals surface area contributed by atoms with Crippen LogP contribution in [0.5, 0.6) is 0 Å². The number of hydrogen-bond donors (Lipinski definition) is 0. The van der Waals surface area contributed by atoms with Crippen molar-refractivity contribution in [2.75, 3.05) is 0 Å². The zero-order valence-electron chi connectivity index (χ0n) is 8.46. The lowest BCUT2D eigenvalue weighted by Crippen LogP contribution is -2.07. The standard InChI is InChI=1S/C11H12O3/c1-4-5-6-9-11(13)10(7(2)12)8(3)14-9/h4-6H,1-3H3/b5-4+,9-6-. The molecule has 0 fully saturated rings. The number of hydrogen-bond acceptors (Lipinski definition) is 3. The van der Waals surface area contributed by atoms with E-state index in [1.165, 1.54) is 6.92 Å². The van der Waals surface area contributed by atoms with Gasteiger partial charge in [0.1, 0.15) is 11.3 Å². The molecule has 3 heteroatoms. The highest BCUT2D eigenvalue weighted by molar-refractivity contribution is 6.26. The second-order valence-electron chi connectivity index (χ2n) is 2.98. The van der Waals surface area contributed by atoms with Gasteiger partial charge in [0.25, 0.3) is 0 Å². The first-order chi connectivity index (χ1) is 6.57. The van der Waals surface area contributed by atoms with Crippen LogP contribution in [0.15, 0.2) is 35.3 Å². The number of allylic oxidation sites excluding steroid dienone is 5. The number of ether oxygens (including phenoxy) is 1. The molecule has 0 aromatic carbocycles. The first kappa shape index (κ1) is 10.4. The summed E-state index contributed by atoms with van der Waals surface area (Å²) in [7, 11) is 0. The summed E-state index contributed by atoms with van der Waals surface area (Å²) in [5.41, 5.74) is 0.153. The third kappa shape index (κ3) is 1.82. The Morgan fingerprint density at radius 3 is 2.50 bits per heavy atom. The minimum atomic E-state index is -0.326. The van der Waals surface area contributed by atoms with Crippen LogP contribution >= 0.6 is 0 Å². The molecule has 1 aliphatic rings. The molecule has 14 heavy (non-hydrogen) atoms. The summed E-state index contributed by atoms with van der Waals surface area (Å²) in [6.07, 6.45) is 5.04. The third-order valence-electron chi connectivity index (χ3n) is 1.86. The monoisotopic (exact) mass is 192 g/mol. The van der Waals surface area contributed by atoms with Gasteiger partial charge in [-0.2, -0.15) is 0 Å². The van der Waals surface area contributed by atoms with Crippen LogP contribution in [0.2, 0.25) is 0 Å². The van der Waals surface area contributed by atoms with Crippen molar-refractivity contribution in [1.29, 1.82) is 0 Å². The Morgan fingerprint density at radius 1 is 1.43 bits per heavy atom. The fraction of sp³-hybridized carbons (Fsp3) is 0.273. The first-order valence-electron chi connectivity index (χ1n) is 4.35. The summed E-state index contributed by atoms with van der Waals surface area (Å²) in [6, 6.07) is 0. The molecule has 0 aromatic rings. The van der Waals surface area contributed by atoms with Gasteiger partial charge in [-0.25, -0.2) is 0 Å². The van der Waals surface area contributed by atoms with Crippen LogP contribution in [0, 0.1) is 0 Å². The van der Waals surface area contributed by atoms with E-state index in [1.54, 1.807) is 25.2 Å². The lowest BCUT2D eigenvalue weighted by molar-refractivity contribution is -0.118. The van der Waals surface area contributed by atoms with Gasteiger partial charge in [-0.3, -0.25) is 9.59 Å². The predicted octanol–water partition coefficient (Wildman–Crippen LogP) is 1.91. The molecule has 1 aliphatic heterocycles. The smallest absolute Gasteiger partial charge is 0.235 e. The predicted molar refractivity (Wildman–Crippen MR) is 52.4 cm³/mol. The van der Waals surface area contributed by atoms with Crippen LogP contribution in [0.1, 0.15) is 20.8 Å². The number of Topliss-reactive ketones (excluding diaryl/α,β-unsaturated/α-hetero) is 2. The van der Waals surface area contributed by atoms with Crippen molar-refractivity contribution in [2.45, 2.75) is 20.8 Å². The molecule has 0 saturated heterocycles. The Morgan fingerprint density at radius 2 is 2.07 bits per heavy atom. The maximum Gasteiger partial charge on any atom is 0.235 e. The fourth-order valence-corrected chi connectivity index (χ4v) is 1.25. The Hall–Kier alpha value is -1.64. The Labute approximate surface area is 82.8 Å². The molecule has 0 atom stereocenters. The van der Waals surface area contributed by atoms with Gasteiger partial charge in [-0.15, -0.1) is 0 Å². The van der Waals surface area contributed by atoms with Crippen molar-refractivity contribution >= 4 is 11.6 Å². The maximum absolute atomic E-state index is 11.6. The van der Waals surface area contributed by atoms with E-state index in [-0.39, 0.29) is 22.9 Å². The van der Waals surface area contributed by atoms with Gasteiger partial charge in [0.15, 0.2) is 11.5 Å². The fourth-order valence-electron chi connectivity index (χ4n) is 1.25. The SMILES string of the molecule is C/C=C/C=C1\OC(C)=C(C(C)=O)C1=O. The first-order valence-corrected chi connectivity index (χ1v) is 4.35. The van der Waals surface area contributed by atoms with Crippen molar-refractivity contribution in [1.82, 2.24) is 0 Å². The van der Waals surface area contributed by atoms with Gasteiger partial charge in [-0.1, -0.05) is 12.2 Å². The Bertz CT molecular complexity index is 370. The second kappa shape index (κ2) is 4.05. The zero-order chi connectivity index (χ0) is 10.7. The quantitative estimate of drug-likeness (QED) is 0.495. The minimum Gasteiger partial charge on any atom is -0.457 e. The second-order valence-corrected chi connectivity index (χ2v) is 2.98. The van der Waals surface area contributed by atoms with E-state index in [2.05, 4.69) is 0 Å². The molecule has 74 valence electrons. The van der Waals surface area contributed by atoms with Crippen molar-refractivity contribution in [3.63, 3.8) is 0 Å². The van der Waals surface area contributed by atoms with Crippen LogP contribution in [-0.2, 0) is 14.3 Å². The normalized spacial score (nSPS) is 19.6. The third-order valence-corrected chi connectivity index (χ3v) is 1.86. The van der Waals surface area contributed by atoms with E-state index in [0.29, 0.717) is 5.76 Å². The molecule has 3 nitrogen and oxygen atoms in total. The van der Waals surface area contributed by atoms with E-state index in [9.17, 15) is 9.59 Å². The molecule has 0 amide bonds. The van der Waals surface area contributed by atoms with Gasteiger partial charge >= 0.3 is 0 Å². The lowest BCUT2D eigenvalue weighted by Gasteiger charge is -1.94. The van der Waals surface area contributed by atoms with E-state index >= 15 is 0 Å². The Kier molecular flexibility index (Phi) is 3.02. The largest absolute Gasteiger partial charge is 0.457 e. The highest BCUT2D eigenvalue weighted by atomic mass is 16.5. The van der Waals surface area contributed by atoms with Gasteiger partial charge in [0, 0.05) is 0 Å². The number of carbonyl (C=O) groups excluding carboxylic acids is 2. The van der Waals surface area contributed by atoms with Gasteiger partial charge in [0.05, 0.1) is 0 Å². The molecule has 1 heterocycles. The van der Waals surface area contributed by atoms with Crippen LogP contribution in [-0.4, -0.2) is 11.6 Å². The molecular formula is C11H12O3. The van der Waals surface area contributed by atoms with Gasteiger partial charge in [0.2, 0.25) is 5.78 Å². The summed E-state index contributed by atoms with van der Waals surface area (Å²) in [5, 5.41) is 0. The number of rotatable bonds is 2. The number of ketones is 2. The van der Waals surface area contributed by atoms with E-state index in [1.807, 2.05) is 6.92 Å². The van der Waals surface area contributed by atoms with Crippen molar-refractivity contribution in [2.24, 2.45) is 0 Å². The minimum absolute atomic E-state index is 0.153. The molecule has 0 saturated carbocycles. The average molecular weight is 192 g/mol. The summed E-state index contributed by atoms with van der Waals surface area (Å²) < 4.78 is 5.17. The van der Waals surface area contributed by atoms with Crippen LogP contribution < -0.4 is 0 Å². The van der Waals surface area contributed by atoms with Crippen LogP contribution in [0.25, 0.3) is 0 Å². The average Bonchev–Trinajstić information content (AvgIpc) is 2.38. The molecule has 0 bridgehead atoms. The Balaban J connectivity index is 3.00. The molecule has 0 radical (unpaired) electrons. The summed E-state index contributed by atoms with van der Waals surface area (Å²) >= 11 is 0. The summed E-state index contributed by atoms with van der Waals surface area (Å²) in [5.74, 6) is 0.0218. The van der Waals surface area contributed by atoms with Gasteiger partial charge in [-0.05, 0) is 26.8 Å². The van der Waals surface area contributed by atoms with Crippen LogP contribution in [0.3, 0.4) is 0 Å². The highest BCUT2D eigenvalue weighted by Gasteiger charge is 2.30. The molecular weight excluding hydrogens is 180 g/mol. The number of carbonyl (C=O) groups is 2. The molecule has 0 N–H and O–H groups in total. The molecule has 0 aliphatic carbocycles. The topological polar surface area (TPSA) is 43.4 Å². The zero-order valence-corrected chi connectivity index (χ0v) is 8.46. The molecule has 1 rings (SSSR count). The van der Waals surface area contributed by atoms with Gasteiger partial charge < -0.3 is 4.74 Å². The molecule has 0 aromatic heterocycles. The summed E-state index contributed by atoms with van der Waals surface area (Å²) in [4.78, 5) is 22.6. The van der Waals surface area contributed by atoms with Crippen molar-refractivity contribution in [3.8, 4) is 0 Å². The molecule has 0 unspecified atom stereocenters. The summed E-state index contributed by atoms with van der Waals surface area (Å²) in [6.45, 7) is 4.81.